The van der Waals surface area contributed by atoms with Crippen molar-refractivity contribution in [2.24, 2.45) is 5.92 Å². The lowest BCUT2D eigenvalue weighted by Gasteiger charge is -2.38. The van der Waals surface area contributed by atoms with Gasteiger partial charge < -0.3 is 15.0 Å². The van der Waals surface area contributed by atoms with Crippen LogP contribution in [0.4, 0.5) is 16.3 Å². The van der Waals surface area contributed by atoms with E-state index in [1.165, 1.54) is 6.20 Å². The van der Waals surface area contributed by atoms with Crippen molar-refractivity contribution in [3.8, 4) is 0 Å². The zero-order valence-electron chi connectivity index (χ0n) is 21.2. The Bertz CT molecular complexity index is 1300. The van der Waals surface area contributed by atoms with Gasteiger partial charge in [-0.05, 0) is 69.7 Å². The van der Waals surface area contributed by atoms with Gasteiger partial charge in [0.05, 0.1) is 29.6 Å². The number of aromatic amines is 1. The third-order valence-corrected chi connectivity index (χ3v) is 6.08. The second-order valence-corrected chi connectivity index (χ2v) is 10.3. The number of hydrogen-bond acceptors (Lipinski definition) is 6. The van der Waals surface area contributed by atoms with Gasteiger partial charge in [0, 0.05) is 11.9 Å². The van der Waals surface area contributed by atoms with Crippen molar-refractivity contribution in [2.75, 3.05) is 17.2 Å². The highest BCUT2D eigenvalue weighted by Crippen LogP contribution is 2.34. The van der Waals surface area contributed by atoms with E-state index in [0.29, 0.717) is 23.6 Å². The fraction of sp³-hybridized carbons (Fsp3) is 0.423. The van der Waals surface area contributed by atoms with Crippen molar-refractivity contribution >= 4 is 40.3 Å². The van der Waals surface area contributed by atoms with Crippen molar-refractivity contribution in [3.05, 3.63) is 47.8 Å². The molecule has 0 saturated carbocycles. The molecular weight excluding hydrogens is 460 g/mol. The number of anilines is 2. The van der Waals surface area contributed by atoms with Gasteiger partial charge in [0.1, 0.15) is 11.4 Å². The monoisotopic (exact) mass is 492 g/mol. The van der Waals surface area contributed by atoms with Crippen LogP contribution in [0.2, 0.25) is 0 Å². The molecule has 2 unspecified atom stereocenters. The minimum Gasteiger partial charge on any atom is -0.444 e. The maximum Gasteiger partial charge on any atom is 0.413 e. The van der Waals surface area contributed by atoms with Gasteiger partial charge in [-0.2, -0.15) is 5.10 Å². The molecule has 4 rings (SSSR count). The number of piperidine rings is 1. The van der Waals surface area contributed by atoms with Gasteiger partial charge in [-0.25, -0.2) is 9.78 Å². The highest BCUT2D eigenvalue weighted by Gasteiger charge is 2.34. The average molecular weight is 493 g/mol. The minimum absolute atomic E-state index is 0.201. The van der Waals surface area contributed by atoms with Crippen molar-refractivity contribution < 1.29 is 19.1 Å². The van der Waals surface area contributed by atoms with Gasteiger partial charge in [-0.3, -0.25) is 20.0 Å². The molecule has 2 aromatic heterocycles. The summed E-state index contributed by atoms with van der Waals surface area (Å²) >= 11 is 0. The molecular formula is C26H32N6O4. The molecule has 0 radical (unpaired) electrons. The summed E-state index contributed by atoms with van der Waals surface area (Å²) in [6, 6.07) is 7.39. The molecule has 0 bridgehead atoms. The lowest BCUT2D eigenvalue weighted by Crippen LogP contribution is -2.46. The Labute approximate surface area is 209 Å². The molecule has 2 atom stereocenters. The van der Waals surface area contributed by atoms with E-state index in [1.807, 2.05) is 18.2 Å². The van der Waals surface area contributed by atoms with E-state index < -0.39 is 23.5 Å². The van der Waals surface area contributed by atoms with E-state index in [1.54, 1.807) is 44.9 Å². The van der Waals surface area contributed by atoms with Crippen LogP contribution in [0.3, 0.4) is 0 Å². The quantitative estimate of drug-likeness (QED) is 0.460. The first-order chi connectivity index (χ1) is 17.0. The largest absolute Gasteiger partial charge is 0.444 e. The molecule has 190 valence electrons. The standard InChI is InChI=1S/C26H32N6O4/c1-15-6-9-21(17-7-8-18-12-28-31-20(18)11-17)32(14-15)24(34)23(33)29-19-10-16(2)22(27-13-19)30-25(35)36-26(3,4)5/h7-8,10-13,15,21H,6,9,14H2,1-5H3,(H,28,31)(H,29,33)(H,27,30,35). The number of likely N-dealkylation sites (tertiary alicyclic amines) is 1. The van der Waals surface area contributed by atoms with E-state index in [9.17, 15) is 14.4 Å². The SMILES string of the molecule is Cc1cc(NC(=O)C(=O)N2CC(C)CCC2c2ccc3cn[nH]c3c2)cnc1NC(=O)OC(C)(C)C. The van der Waals surface area contributed by atoms with Crippen LogP contribution in [0, 0.1) is 12.8 Å². The summed E-state index contributed by atoms with van der Waals surface area (Å²) in [6.45, 7) is 9.62. The van der Waals surface area contributed by atoms with Crippen LogP contribution in [0.1, 0.15) is 57.7 Å². The van der Waals surface area contributed by atoms with Crippen LogP contribution in [0.15, 0.2) is 36.7 Å². The second-order valence-electron chi connectivity index (χ2n) is 10.3. The number of benzene rings is 1. The number of carbonyl (C=O) groups is 3. The second kappa shape index (κ2) is 9.96. The Morgan fingerprint density at radius 2 is 1.89 bits per heavy atom. The number of rotatable bonds is 3. The fourth-order valence-corrected chi connectivity index (χ4v) is 4.37. The molecule has 3 amide bonds. The first kappa shape index (κ1) is 25.2. The van der Waals surface area contributed by atoms with Crippen LogP contribution in [-0.2, 0) is 14.3 Å². The molecule has 0 aliphatic carbocycles. The van der Waals surface area contributed by atoms with Crippen LogP contribution in [0.25, 0.3) is 10.9 Å². The van der Waals surface area contributed by atoms with Gasteiger partial charge in [-0.1, -0.05) is 19.1 Å². The Morgan fingerprint density at radius 1 is 1.11 bits per heavy atom. The van der Waals surface area contributed by atoms with Crippen molar-refractivity contribution in [3.63, 3.8) is 0 Å². The Hall–Kier alpha value is -3.95. The van der Waals surface area contributed by atoms with Crippen molar-refractivity contribution in [2.45, 2.75) is 59.1 Å². The van der Waals surface area contributed by atoms with E-state index >= 15 is 0 Å². The van der Waals surface area contributed by atoms with E-state index in [4.69, 9.17) is 4.74 Å². The molecule has 1 aliphatic heterocycles. The zero-order chi connectivity index (χ0) is 26.0. The van der Waals surface area contributed by atoms with Gasteiger partial charge in [0.25, 0.3) is 0 Å². The van der Waals surface area contributed by atoms with Gasteiger partial charge in [0.2, 0.25) is 0 Å². The Kier molecular flexibility index (Phi) is 6.96. The molecule has 3 N–H and O–H groups in total. The predicted molar refractivity (Wildman–Crippen MR) is 136 cm³/mol. The summed E-state index contributed by atoms with van der Waals surface area (Å²) in [7, 11) is 0. The summed E-state index contributed by atoms with van der Waals surface area (Å²) < 4.78 is 5.25. The van der Waals surface area contributed by atoms with Crippen LogP contribution in [-0.4, -0.2) is 50.1 Å². The number of pyridine rings is 1. The molecule has 1 aromatic carbocycles. The number of H-pyrrole nitrogens is 1. The highest BCUT2D eigenvalue weighted by molar-refractivity contribution is 6.39. The first-order valence-corrected chi connectivity index (χ1v) is 12.0. The topological polar surface area (TPSA) is 129 Å². The molecule has 10 heteroatoms. The molecule has 1 fully saturated rings. The van der Waals surface area contributed by atoms with E-state index in [0.717, 1.165) is 29.3 Å². The molecule has 36 heavy (non-hydrogen) atoms. The van der Waals surface area contributed by atoms with E-state index in [2.05, 4.69) is 32.7 Å². The lowest BCUT2D eigenvalue weighted by atomic mass is 9.89. The molecule has 3 heterocycles. The van der Waals surface area contributed by atoms with Crippen molar-refractivity contribution in [1.82, 2.24) is 20.1 Å². The smallest absolute Gasteiger partial charge is 0.413 e. The normalized spacial score (nSPS) is 18.1. The summed E-state index contributed by atoms with van der Waals surface area (Å²) in [5, 5.41) is 13.3. The number of carbonyl (C=O) groups excluding carboxylic acids is 3. The molecule has 1 aliphatic rings. The Balaban J connectivity index is 1.46. The summed E-state index contributed by atoms with van der Waals surface area (Å²) in [4.78, 5) is 44.1. The first-order valence-electron chi connectivity index (χ1n) is 12.0. The number of ether oxygens (including phenoxy) is 1. The lowest BCUT2D eigenvalue weighted by molar-refractivity contribution is -0.146. The number of nitrogens with one attached hydrogen (secondary N) is 3. The molecule has 1 saturated heterocycles. The average Bonchev–Trinajstić information content (AvgIpc) is 3.27. The number of fused-ring (bicyclic) bond motifs is 1. The van der Waals surface area contributed by atoms with Gasteiger partial charge in [0.15, 0.2) is 0 Å². The van der Waals surface area contributed by atoms with E-state index in [-0.39, 0.29) is 12.0 Å². The fourth-order valence-electron chi connectivity index (χ4n) is 4.37. The number of aromatic nitrogens is 3. The zero-order valence-corrected chi connectivity index (χ0v) is 21.2. The molecule has 0 spiro atoms. The third-order valence-electron chi connectivity index (χ3n) is 6.08. The van der Waals surface area contributed by atoms with Crippen molar-refractivity contribution in [1.29, 1.82) is 0 Å². The summed E-state index contributed by atoms with van der Waals surface area (Å²) in [5.74, 6) is -0.723. The number of hydrogen-bond donors (Lipinski definition) is 3. The van der Waals surface area contributed by atoms with Crippen LogP contribution in [0.5, 0.6) is 0 Å². The maximum absolute atomic E-state index is 13.3. The number of nitrogens with zero attached hydrogens (tertiary/aromatic N) is 3. The Morgan fingerprint density at radius 3 is 2.61 bits per heavy atom. The molecule has 3 aromatic rings. The van der Waals surface area contributed by atoms with Gasteiger partial charge >= 0.3 is 17.9 Å². The summed E-state index contributed by atoms with van der Waals surface area (Å²) in [5.41, 5.74) is 2.20. The highest BCUT2D eigenvalue weighted by atomic mass is 16.6. The molecule has 10 nitrogen and oxygen atoms in total. The van der Waals surface area contributed by atoms with Crippen LogP contribution < -0.4 is 10.6 Å². The minimum atomic E-state index is -0.731. The van der Waals surface area contributed by atoms with Crippen LogP contribution >= 0.6 is 0 Å². The number of aryl methyl sites for hydroxylation is 1. The summed E-state index contributed by atoms with van der Waals surface area (Å²) in [6.07, 6.45) is 4.26. The van der Waals surface area contributed by atoms with Gasteiger partial charge in [-0.15, -0.1) is 0 Å². The predicted octanol–water partition coefficient (Wildman–Crippen LogP) is 4.55. The maximum atomic E-state index is 13.3. The third kappa shape index (κ3) is 5.81. The number of amides is 3.